The molecule has 1 saturated heterocycles. The molecule has 0 unspecified atom stereocenters. The number of nitrogens with zero attached hydrogens (tertiary/aromatic N) is 1. The van der Waals surface area contributed by atoms with Crippen LogP contribution in [0.5, 0.6) is 0 Å². The molecule has 1 amide bonds. The van der Waals surface area contributed by atoms with E-state index < -0.39 is 10.0 Å². The number of sulfonamides is 1. The molecule has 1 aliphatic carbocycles. The Hall–Kier alpha value is -0.960. The van der Waals surface area contributed by atoms with Gasteiger partial charge in [0.15, 0.2) is 0 Å². The molecular formula is C14H20N2O4S2. The van der Waals surface area contributed by atoms with Crippen molar-refractivity contribution >= 4 is 27.3 Å². The molecule has 1 aromatic rings. The summed E-state index contributed by atoms with van der Waals surface area (Å²) in [5.74, 6) is 0.676. The molecule has 22 heavy (non-hydrogen) atoms. The lowest BCUT2D eigenvalue weighted by Gasteiger charge is -2.25. The van der Waals surface area contributed by atoms with Gasteiger partial charge in [-0.3, -0.25) is 4.79 Å². The molecule has 1 N–H and O–H groups in total. The summed E-state index contributed by atoms with van der Waals surface area (Å²) in [7, 11) is -3.43. The summed E-state index contributed by atoms with van der Waals surface area (Å²) in [6, 6.07) is 3.39. The maximum absolute atomic E-state index is 12.5. The summed E-state index contributed by atoms with van der Waals surface area (Å²) >= 11 is 1.22. The zero-order valence-corrected chi connectivity index (χ0v) is 14.1. The van der Waals surface area contributed by atoms with Gasteiger partial charge in [-0.15, -0.1) is 11.3 Å². The van der Waals surface area contributed by atoms with Crippen LogP contribution in [0.2, 0.25) is 0 Å². The van der Waals surface area contributed by atoms with E-state index in [9.17, 15) is 13.2 Å². The molecule has 2 heterocycles. The highest BCUT2D eigenvalue weighted by molar-refractivity contribution is 7.91. The van der Waals surface area contributed by atoms with E-state index in [-0.39, 0.29) is 11.8 Å². The van der Waals surface area contributed by atoms with Crippen LogP contribution >= 0.6 is 11.3 Å². The summed E-state index contributed by atoms with van der Waals surface area (Å²) in [5, 5.41) is 2.88. The van der Waals surface area contributed by atoms with Crippen molar-refractivity contribution in [3.8, 4) is 0 Å². The molecule has 2 atom stereocenters. The lowest BCUT2D eigenvalue weighted by atomic mass is 10.3. The molecule has 0 aromatic carbocycles. The summed E-state index contributed by atoms with van der Waals surface area (Å²) in [4.78, 5) is 12.6. The van der Waals surface area contributed by atoms with E-state index in [2.05, 4.69) is 12.2 Å². The Balaban J connectivity index is 1.61. The maximum Gasteiger partial charge on any atom is 0.252 e. The summed E-state index contributed by atoms with van der Waals surface area (Å²) in [6.07, 6.45) is 0.951. The largest absolute Gasteiger partial charge is 0.379 e. The normalized spacial score (nSPS) is 25.9. The Morgan fingerprint density at radius 1 is 1.41 bits per heavy atom. The standard InChI is InChI=1S/C14H20N2O4S2/c1-10-8-12(10)14(17)15-9-11-2-3-13(21-11)22(18,19)16-4-6-20-7-5-16/h2-3,10,12H,4-9H2,1H3,(H,15,17)/t10-,12-/m0/s1. The van der Waals surface area contributed by atoms with Crippen LogP contribution in [0.25, 0.3) is 0 Å². The van der Waals surface area contributed by atoms with Gasteiger partial charge in [0, 0.05) is 23.9 Å². The third kappa shape index (κ3) is 3.34. The van der Waals surface area contributed by atoms with Crippen LogP contribution in [-0.4, -0.2) is 44.9 Å². The summed E-state index contributed by atoms with van der Waals surface area (Å²) in [5.41, 5.74) is 0. The molecule has 0 bridgehead atoms. The minimum atomic E-state index is -3.43. The van der Waals surface area contributed by atoms with Crippen molar-refractivity contribution in [2.75, 3.05) is 26.3 Å². The van der Waals surface area contributed by atoms with Crippen LogP contribution in [0.4, 0.5) is 0 Å². The molecule has 122 valence electrons. The summed E-state index contributed by atoms with van der Waals surface area (Å²) < 4.78 is 32.0. The smallest absolute Gasteiger partial charge is 0.252 e. The Labute approximate surface area is 134 Å². The number of morpholine rings is 1. The highest BCUT2D eigenvalue weighted by Gasteiger charge is 2.38. The van der Waals surface area contributed by atoms with E-state index in [1.807, 2.05) is 0 Å². The molecule has 6 nitrogen and oxygen atoms in total. The Kier molecular flexibility index (Phi) is 4.54. The maximum atomic E-state index is 12.5. The number of hydrogen-bond acceptors (Lipinski definition) is 5. The zero-order chi connectivity index (χ0) is 15.7. The topological polar surface area (TPSA) is 75.7 Å². The number of ether oxygens (including phenoxy) is 1. The zero-order valence-electron chi connectivity index (χ0n) is 12.4. The van der Waals surface area contributed by atoms with Crippen LogP contribution in [0, 0.1) is 11.8 Å². The second kappa shape index (κ2) is 6.27. The first-order chi connectivity index (χ1) is 10.5. The highest BCUT2D eigenvalue weighted by atomic mass is 32.2. The van der Waals surface area contributed by atoms with Crippen molar-refractivity contribution < 1.29 is 17.9 Å². The fourth-order valence-corrected chi connectivity index (χ4v) is 5.36. The van der Waals surface area contributed by atoms with Crippen LogP contribution in [0.3, 0.4) is 0 Å². The Morgan fingerprint density at radius 3 is 2.73 bits per heavy atom. The molecule has 0 spiro atoms. The molecule has 2 fully saturated rings. The van der Waals surface area contributed by atoms with Crippen molar-refractivity contribution in [2.24, 2.45) is 11.8 Å². The number of hydrogen-bond donors (Lipinski definition) is 1. The van der Waals surface area contributed by atoms with E-state index in [4.69, 9.17) is 4.74 Å². The molecule has 1 aliphatic heterocycles. The minimum Gasteiger partial charge on any atom is -0.379 e. The van der Waals surface area contributed by atoms with Crippen LogP contribution in [0.1, 0.15) is 18.2 Å². The van der Waals surface area contributed by atoms with E-state index in [0.717, 1.165) is 11.3 Å². The van der Waals surface area contributed by atoms with Gasteiger partial charge in [-0.1, -0.05) is 6.92 Å². The molecule has 3 rings (SSSR count). The molecular weight excluding hydrogens is 324 g/mol. The average molecular weight is 344 g/mol. The average Bonchev–Trinajstić information content (AvgIpc) is 3.06. The van der Waals surface area contributed by atoms with Crippen molar-refractivity contribution in [1.29, 1.82) is 0 Å². The van der Waals surface area contributed by atoms with Gasteiger partial charge in [-0.25, -0.2) is 8.42 Å². The van der Waals surface area contributed by atoms with Crippen molar-refractivity contribution in [3.05, 3.63) is 17.0 Å². The van der Waals surface area contributed by atoms with Crippen molar-refractivity contribution in [3.63, 3.8) is 0 Å². The first-order valence-electron chi connectivity index (χ1n) is 7.43. The van der Waals surface area contributed by atoms with Gasteiger partial charge >= 0.3 is 0 Å². The molecule has 0 radical (unpaired) electrons. The second-order valence-electron chi connectivity index (χ2n) is 5.77. The lowest BCUT2D eigenvalue weighted by molar-refractivity contribution is -0.122. The van der Waals surface area contributed by atoms with Gasteiger partial charge < -0.3 is 10.1 Å². The Bertz CT molecular complexity index is 650. The number of thiophene rings is 1. The Morgan fingerprint density at radius 2 is 2.09 bits per heavy atom. The van der Waals surface area contributed by atoms with Gasteiger partial charge in [-0.2, -0.15) is 4.31 Å². The first kappa shape index (κ1) is 15.9. The molecule has 2 aliphatic rings. The fraction of sp³-hybridized carbons (Fsp3) is 0.643. The van der Waals surface area contributed by atoms with Crippen LogP contribution in [-0.2, 0) is 26.1 Å². The number of nitrogens with one attached hydrogen (secondary N) is 1. The SMILES string of the molecule is C[C@H]1C[C@@H]1C(=O)NCc1ccc(S(=O)(=O)N2CCOCC2)s1. The molecule has 1 saturated carbocycles. The predicted octanol–water partition coefficient (Wildman–Crippen LogP) is 1.04. The van der Waals surface area contributed by atoms with Gasteiger partial charge in [0.25, 0.3) is 10.0 Å². The quantitative estimate of drug-likeness (QED) is 0.866. The van der Waals surface area contributed by atoms with E-state index in [1.54, 1.807) is 12.1 Å². The van der Waals surface area contributed by atoms with E-state index >= 15 is 0 Å². The van der Waals surface area contributed by atoms with Gasteiger partial charge in [-0.05, 0) is 24.5 Å². The lowest BCUT2D eigenvalue weighted by Crippen LogP contribution is -2.40. The third-order valence-corrected chi connectivity index (χ3v) is 7.54. The van der Waals surface area contributed by atoms with Gasteiger partial charge in [0.1, 0.15) is 4.21 Å². The second-order valence-corrected chi connectivity index (χ2v) is 9.11. The number of carbonyl (C=O) groups is 1. The highest BCUT2D eigenvalue weighted by Crippen LogP contribution is 2.37. The van der Waals surface area contributed by atoms with Crippen LogP contribution < -0.4 is 5.32 Å². The molecule has 1 aromatic heterocycles. The van der Waals surface area contributed by atoms with Gasteiger partial charge in [0.05, 0.1) is 19.8 Å². The minimum absolute atomic E-state index is 0.0680. The molecule has 8 heteroatoms. The van der Waals surface area contributed by atoms with E-state index in [0.29, 0.717) is 43.0 Å². The number of carbonyl (C=O) groups excluding carboxylic acids is 1. The number of amides is 1. The van der Waals surface area contributed by atoms with Crippen molar-refractivity contribution in [2.45, 2.75) is 24.1 Å². The first-order valence-corrected chi connectivity index (χ1v) is 9.68. The fourth-order valence-electron chi connectivity index (χ4n) is 2.50. The van der Waals surface area contributed by atoms with Crippen molar-refractivity contribution in [1.82, 2.24) is 9.62 Å². The summed E-state index contributed by atoms with van der Waals surface area (Å²) in [6.45, 7) is 4.12. The number of rotatable bonds is 5. The monoisotopic (exact) mass is 344 g/mol. The van der Waals surface area contributed by atoms with Gasteiger partial charge in [0.2, 0.25) is 5.91 Å². The predicted molar refractivity (Wildman–Crippen MR) is 83.0 cm³/mol. The van der Waals surface area contributed by atoms with Crippen LogP contribution in [0.15, 0.2) is 16.3 Å². The third-order valence-electron chi connectivity index (χ3n) is 4.08. The van der Waals surface area contributed by atoms with E-state index in [1.165, 1.54) is 15.6 Å².